The molecule has 1 rings (SSSR count). The van der Waals surface area contributed by atoms with E-state index in [0.29, 0.717) is 6.61 Å². The number of aliphatic hydroxyl groups is 2. The summed E-state index contributed by atoms with van der Waals surface area (Å²) in [6.07, 6.45) is -2.35. The fraction of sp³-hybridized carbons (Fsp3) is 1.00. The monoisotopic (exact) mass is 162 g/mol. The Morgan fingerprint density at radius 1 is 1.36 bits per heavy atom. The molecule has 0 aromatic carbocycles. The number of rotatable bonds is 1. The van der Waals surface area contributed by atoms with Gasteiger partial charge in [0.05, 0.1) is 12.7 Å². The van der Waals surface area contributed by atoms with Gasteiger partial charge in [0, 0.05) is 13.0 Å². The summed E-state index contributed by atoms with van der Waals surface area (Å²) in [5, 5.41) is 18.6. The van der Waals surface area contributed by atoms with Gasteiger partial charge >= 0.3 is 0 Å². The van der Waals surface area contributed by atoms with Crippen LogP contribution in [0.5, 0.6) is 0 Å². The van der Waals surface area contributed by atoms with Crippen LogP contribution in [0.4, 0.5) is 0 Å². The molecule has 0 radical (unpaired) electrons. The zero-order valence-electron chi connectivity index (χ0n) is 6.73. The summed E-state index contributed by atoms with van der Waals surface area (Å²) in [4.78, 5) is 0. The Morgan fingerprint density at radius 3 is 2.55 bits per heavy atom. The second-order valence-corrected chi connectivity index (χ2v) is 2.90. The van der Waals surface area contributed by atoms with Gasteiger partial charge in [-0.15, -0.1) is 0 Å². The Morgan fingerprint density at radius 2 is 2.00 bits per heavy atom. The molecular formula is C7H14O4. The van der Waals surface area contributed by atoms with E-state index in [1.165, 1.54) is 7.11 Å². The number of hydrogen-bond donors (Lipinski definition) is 2. The topological polar surface area (TPSA) is 58.9 Å². The van der Waals surface area contributed by atoms with E-state index in [2.05, 4.69) is 0 Å². The van der Waals surface area contributed by atoms with Gasteiger partial charge in [-0.1, -0.05) is 6.92 Å². The molecule has 1 saturated heterocycles. The number of hydrogen-bond acceptors (Lipinski definition) is 4. The molecule has 0 spiro atoms. The van der Waals surface area contributed by atoms with Crippen LogP contribution in [0.15, 0.2) is 0 Å². The van der Waals surface area contributed by atoms with E-state index in [0.717, 1.165) is 0 Å². The van der Waals surface area contributed by atoms with Crippen molar-refractivity contribution in [3.63, 3.8) is 0 Å². The van der Waals surface area contributed by atoms with Crippen LogP contribution in [0, 0.1) is 5.92 Å². The average Bonchev–Trinajstić information content (AvgIpc) is 2.01. The van der Waals surface area contributed by atoms with Crippen molar-refractivity contribution in [2.45, 2.75) is 25.4 Å². The normalized spacial score (nSPS) is 45.8. The maximum absolute atomic E-state index is 9.34. The van der Waals surface area contributed by atoms with Gasteiger partial charge in [-0.05, 0) is 0 Å². The average molecular weight is 162 g/mol. The Kier molecular flexibility index (Phi) is 2.84. The number of methoxy groups -OCH3 is 1. The van der Waals surface area contributed by atoms with Crippen molar-refractivity contribution in [1.29, 1.82) is 0 Å². The van der Waals surface area contributed by atoms with Crippen LogP contribution in [-0.2, 0) is 9.47 Å². The van der Waals surface area contributed by atoms with E-state index in [4.69, 9.17) is 9.47 Å². The lowest BCUT2D eigenvalue weighted by molar-refractivity contribution is -0.248. The van der Waals surface area contributed by atoms with Crippen LogP contribution in [0.25, 0.3) is 0 Å². The molecule has 0 aromatic heterocycles. The maximum atomic E-state index is 9.34. The molecule has 4 heteroatoms. The largest absolute Gasteiger partial charge is 0.390 e. The van der Waals surface area contributed by atoms with Crippen LogP contribution in [-0.4, -0.2) is 42.4 Å². The van der Waals surface area contributed by atoms with Crippen molar-refractivity contribution in [2.24, 2.45) is 5.92 Å². The van der Waals surface area contributed by atoms with Crippen molar-refractivity contribution in [2.75, 3.05) is 13.7 Å². The lowest BCUT2D eigenvalue weighted by Crippen LogP contribution is -2.49. The van der Waals surface area contributed by atoms with Crippen molar-refractivity contribution in [3.8, 4) is 0 Å². The summed E-state index contributed by atoms with van der Waals surface area (Å²) < 4.78 is 9.88. The highest BCUT2D eigenvalue weighted by molar-refractivity contribution is 4.79. The minimum atomic E-state index is -0.927. The molecule has 0 saturated carbocycles. The predicted molar refractivity (Wildman–Crippen MR) is 37.9 cm³/mol. The van der Waals surface area contributed by atoms with Gasteiger partial charge in [-0.2, -0.15) is 0 Å². The van der Waals surface area contributed by atoms with Crippen molar-refractivity contribution < 1.29 is 19.7 Å². The van der Waals surface area contributed by atoms with Crippen molar-refractivity contribution >= 4 is 0 Å². The van der Waals surface area contributed by atoms with Gasteiger partial charge in [0.25, 0.3) is 0 Å². The number of aliphatic hydroxyl groups excluding tert-OH is 2. The van der Waals surface area contributed by atoms with Crippen LogP contribution in [0.2, 0.25) is 0 Å². The van der Waals surface area contributed by atoms with Crippen LogP contribution < -0.4 is 0 Å². The standard InChI is InChI=1S/C7H14O4/c1-4-3-11-7(10-2)6(9)5(4)8/h4-9H,3H2,1-2H3/t4-,5-,6-,7-/m1/s1. The molecule has 2 N–H and O–H groups in total. The molecule has 1 heterocycles. The minimum absolute atomic E-state index is 0.0311. The summed E-state index contributed by atoms with van der Waals surface area (Å²) in [5.74, 6) is -0.0311. The fourth-order valence-corrected chi connectivity index (χ4v) is 1.15. The summed E-state index contributed by atoms with van der Waals surface area (Å²) in [5.41, 5.74) is 0. The van der Waals surface area contributed by atoms with Gasteiger partial charge in [0.15, 0.2) is 6.29 Å². The van der Waals surface area contributed by atoms with Gasteiger partial charge in [-0.25, -0.2) is 0 Å². The highest BCUT2D eigenvalue weighted by atomic mass is 16.7. The molecule has 0 bridgehead atoms. The fourth-order valence-electron chi connectivity index (χ4n) is 1.15. The molecule has 0 amide bonds. The minimum Gasteiger partial charge on any atom is -0.390 e. The molecule has 1 fully saturated rings. The molecule has 1 aliphatic rings. The van der Waals surface area contributed by atoms with Crippen LogP contribution in [0.1, 0.15) is 6.92 Å². The highest BCUT2D eigenvalue weighted by Crippen LogP contribution is 2.19. The summed E-state index contributed by atoms with van der Waals surface area (Å²) in [7, 11) is 1.44. The van der Waals surface area contributed by atoms with Gasteiger partial charge < -0.3 is 19.7 Å². The molecule has 1 aliphatic heterocycles. The van der Waals surface area contributed by atoms with E-state index in [1.54, 1.807) is 0 Å². The Labute approximate surface area is 65.7 Å². The van der Waals surface area contributed by atoms with E-state index in [-0.39, 0.29) is 5.92 Å². The SMILES string of the molecule is CO[C@@H]1OC[C@@H](C)[C@@H](O)[C@H]1O. The molecular weight excluding hydrogens is 148 g/mol. The third-order valence-corrected chi connectivity index (χ3v) is 1.97. The van der Waals surface area contributed by atoms with E-state index in [1.807, 2.05) is 6.92 Å². The lowest BCUT2D eigenvalue weighted by Gasteiger charge is -2.34. The molecule has 0 aliphatic carbocycles. The third kappa shape index (κ3) is 1.70. The van der Waals surface area contributed by atoms with E-state index >= 15 is 0 Å². The second kappa shape index (κ2) is 3.49. The first-order valence-electron chi connectivity index (χ1n) is 3.67. The first-order valence-corrected chi connectivity index (χ1v) is 3.67. The van der Waals surface area contributed by atoms with E-state index in [9.17, 15) is 10.2 Å². The molecule has 4 nitrogen and oxygen atoms in total. The zero-order valence-corrected chi connectivity index (χ0v) is 6.73. The first-order chi connectivity index (χ1) is 5.16. The van der Waals surface area contributed by atoms with Crippen molar-refractivity contribution in [3.05, 3.63) is 0 Å². The summed E-state index contributed by atoms with van der Waals surface area (Å²) in [6.45, 7) is 2.25. The Hall–Kier alpha value is -0.160. The van der Waals surface area contributed by atoms with E-state index < -0.39 is 18.5 Å². The summed E-state index contributed by atoms with van der Waals surface area (Å²) >= 11 is 0. The van der Waals surface area contributed by atoms with Gasteiger partial charge in [0.1, 0.15) is 6.10 Å². The highest BCUT2D eigenvalue weighted by Gasteiger charge is 2.35. The lowest BCUT2D eigenvalue weighted by atomic mass is 9.98. The molecule has 11 heavy (non-hydrogen) atoms. The quantitative estimate of drug-likeness (QED) is 0.537. The molecule has 0 unspecified atom stereocenters. The molecule has 66 valence electrons. The predicted octanol–water partition coefficient (Wildman–Crippen LogP) is -0.653. The maximum Gasteiger partial charge on any atom is 0.185 e. The van der Waals surface area contributed by atoms with Crippen LogP contribution >= 0.6 is 0 Å². The number of ether oxygens (including phenoxy) is 2. The molecule has 0 aromatic rings. The first kappa shape index (κ1) is 8.93. The van der Waals surface area contributed by atoms with Gasteiger partial charge in [-0.3, -0.25) is 0 Å². The second-order valence-electron chi connectivity index (χ2n) is 2.90. The third-order valence-electron chi connectivity index (χ3n) is 1.97. The summed E-state index contributed by atoms with van der Waals surface area (Å²) in [6, 6.07) is 0. The zero-order chi connectivity index (χ0) is 8.43. The Balaban J connectivity index is 2.52. The smallest absolute Gasteiger partial charge is 0.185 e. The molecule has 4 atom stereocenters. The van der Waals surface area contributed by atoms with Crippen LogP contribution in [0.3, 0.4) is 0 Å². The Bertz CT molecular complexity index is 126. The van der Waals surface area contributed by atoms with Gasteiger partial charge in [0.2, 0.25) is 0 Å². The van der Waals surface area contributed by atoms with Crippen molar-refractivity contribution in [1.82, 2.24) is 0 Å².